The second-order valence-corrected chi connectivity index (χ2v) is 6.06. The standard InChI is InChI=1S/C18H35P/c1-3-5-7-9-11-15-18(16-12-13-17-19)14-10-8-6-4-2/h4,12-13,18H,2-3,5-11,14-17,19H2,1H3/b13-12-. The maximum atomic E-state index is 3.80. The molecule has 0 heterocycles. The maximum absolute atomic E-state index is 3.80. The first-order valence-electron chi connectivity index (χ1n) is 8.31. The van der Waals surface area contributed by atoms with Crippen LogP contribution in [0.5, 0.6) is 0 Å². The van der Waals surface area contributed by atoms with Crippen molar-refractivity contribution < 1.29 is 0 Å². The van der Waals surface area contributed by atoms with Gasteiger partial charge in [0.05, 0.1) is 0 Å². The first-order chi connectivity index (χ1) is 9.35. The van der Waals surface area contributed by atoms with Crippen molar-refractivity contribution in [1.29, 1.82) is 0 Å². The van der Waals surface area contributed by atoms with Gasteiger partial charge in [0, 0.05) is 0 Å². The predicted octanol–water partition coefficient (Wildman–Crippen LogP) is 6.53. The molecule has 0 bridgehead atoms. The molecule has 19 heavy (non-hydrogen) atoms. The van der Waals surface area contributed by atoms with E-state index in [1.807, 2.05) is 6.08 Å². The molecule has 0 nitrogen and oxygen atoms in total. The summed E-state index contributed by atoms with van der Waals surface area (Å²) in [6.07, 6.45) is 22.9. The molecule has 0 spiro atoms. The molecule has 0 fully saturated rings. The fraction of sp³-hybridized carbons (Fsp3) is 0.778. The highest BCUT2D eigenvalue weighted by atomic mass is 31.0. The van der Waals surface area contributed by atoms with E-state index in [9.17, 15) is 0 Å². The van der Waals surface area contributed by atoms with Crippen LogP contribution in [0.1, 0.15) is 77.6 Å². The Labute approximate surface area is 124 Å². The Bertz CT molecular complexity index is 208. The molecule has 0 aliphatic rings. The minimum atomic E-state index is 0.916. The van der Waals surface area contributed by atoms with Gasteiger partial charge in [-0.3, -0.25) is 0 Å². The normalized spacial score (nSPS) is 12.9. The molecule has 1 heteroatoms. The van der Waals surface area contributed by atoms with E-state index in [1.54, 1.807) is 0 Å². The van der Waals surface area contributed by atoms with Crippen LogP contribution in [0.4, 0.5) is 0 Å². The molecule has 0 radical (unpaired) electrons. The third kappa shape index (κ3) is 14.1. The molecule has 0 amide bonds. The minimum Gasteiger partial charge on any atom is -0.134 e. The molecule has 2 unspecified atom stereocenters. The van der Waals surface area contributed by atoms with Crippen molar-refractivity contribution in [3.8, 4) is 0 Å². The van der Waals surface area contributed by atoms with E-state index in [1.165, 1.54) is 70.6 Å². The van der Waals surface area contributed by atoms with Gasteiger partial charge in [-0.15, -0.1) is 15.8 Å². The average molecular weight is 282 g/mol. The maximum Gasteiger partial charge on any atom is -0.0200 e. The van der Waals surface area contributed by atoms with Crippen LogP contribution in [0.25, 0.3) is 0 Å². The van der Waals surface area contributed by atoms with Crippen LogP contribution in [0.15, 0.2) is 24.8 Å². The summed E-state index contributed by atoms with van der Waals surface area (Å²) in [4.78, 5) is 0. The van der Waals surface area contributed by atoms with Gasteiger partial charge in [-0.05, 0) is 31.3 Å². The second-order valence-electron chi connectivity index (χ2n) is 5.58. The summed E-state index contributed by atoms with van der Waals surface area (Å²) in [6.45, 7) is 6.09. The molecule has 0 aromatic heterocycles. The highest BCUT2D eigenvalue weighted by molar-refractivity contribution is 7.16. The second kappa shape index (κ2) is 16.0. The Hall–Kier alpha value is -0.0900. The highest BCUT2D eigenvalue weighted by Crippen LogP contribution is 2.22. The molecule has 0 aromatic carbocycles. The largest absolute Gasteiger partial charge is 0.134 e. The molecule has 0 aliphatic carbocycles. The highest BCUT2D eigenvalue weighted by Gasteiger charge is 2.06. The Morgan fingerprint density at radius 3 is 2.26 bits per heavy atom. The van der Waals surface area contributed by atoms with Crippen LogP contribution in [0.2, 0.25) is 0 Å². The molecule has 0 saturated heterocycles. The van der Waals surface area contributed by atoms with Gasteiger partial charge < -0.3 is 0 Å². The number of unbranched alkanes of at least 4 members (excludes halogenated alkanes) is 6. The third-order valence-electron chi connectivity index (χ3n) is 3.76. The summed E-state index contributed by atoms with van der Waals surface area (Å²) in [7, 11) is 2.77. The number of hydrogen-bond donors (Lipinski definition) is 0. The fourth-order valence-electron chi connectivity index (χ4n) is 2.52. The van der Waals surface area contributed by atoms with Gasteiger partial charge >= 0.3 is 0 Å². The summed E-state index contributed by atoms with van der Waals surface area (Å²) in [5.74, 6) is 0.916. The van der Waals surface area contributed by atoms with Crippen molar-refractivity contribution in [2.24, 2.45) is 5.92 Å². The molecule has 112 valence electrons. The molecule has 0 aromatic rings. The van der Waals surface area contributed by atoms with Crippen LogP contribution in [0.3, 0.4) is 0 Å². The lowest BCUT2D eigenvalue weighted by molar-refractivity contribution is 0.412. The summed E-state index contributed by atoms with van der Waals surface area (Å²) >= 11 is 0. The van der Waals surface area contributed by atoms with Crippen molar-refractivity contribution in [3.63, 3.8) is 0 Å². The smallest absolute Gasteiger partial charge is 0.0200 e. The lowest BCUT2D eigenvalue weighted by Gasteiger charge is -2.14. The average Bonchev–Trinajstić information content (AvgIpc) is 2.42. The zero-order chi connectivity index (χ0) is 14.2. The van der Waals surface area contributed by atoms with Crippen LogP contribution in [-0.4, -0.2) is 6.16 Å². The number of allylic oxidation sites excluding steroid dienone is 3. The van der Waals surface area contributed by atoms with Gasteiger partial charge in [-0.25, -0.2) is 0 Å². The van der Waals surface area contributed by atoms with Gasteiger partial charge in [0.15, 0.2) is 0 Å². The van der Waals surface area contributed by atoms with Crippen LogP contribution in [0, 0.1) is 5.92 Å². The quantitative estimate of drug-likeness (QED) is 0.193. The van der Waals surface area contributed by atoms with E-state index in [0.29, 0.717) is 0 Å². The van der Waals surface area contributed by atoms with E-state index < -0.39 is 0 Å². The van der Waals surface area contributed by atoms with Crippen molar-refractivity contribution in [2.45, 2.75) is 77.6 Å². The molecule has 0 aliphatic heterocycles. The van der Waals surface area contributed by atoms with Gasteiger partial charge in [0.2, 0.25) is 0 Å². The number of hydrogen-bond acceptors (Lipinski definition) is 0. The molecule has 0 saturated carbocycles. The Kier molecular flexibility index (Phi) is 15.9. The van der Waals surface area contributed by atoms with Crippen molar-refractivity contribution in [1.82, 2.24) is 0 Å². The molecule has 0 rings (SSSR count). The lowest BCUT2D eigenvalue weighted by atomic mass is 9.91. The molecule has 0 N–H and O–H groups in total. The van der Waals surface area contributed by atoms with Gasteiger partial charge in [0.25, 0.3) is 0 Å². The monoisotopic (exact) mass is 282 g/mol. The van der Waals surface area contributed by atoms with Crippen LogP contribution in [-0.2, 0) is 0 Å². The topological polar surface area (TPSA) is 0 Å². The van der Waals surface area contributed by atoms with E-state index >= 15 is 0 Å². The van der Waals surface area contributed by atoms with E-state index in [-0.39, 0.29) is 0 Å². The van der Waals surface area contributed by atoms with Crippen LogP contribution >= 0.6 is 9.24 Å². The van der Waals surface area contributed by atoms with E-state index in [2.05, 4.69) is 34.9 Å². The number of rotatable bonds is 14. The first-order valence-corrected chi connectivity index (χ1v) is 9.12. The van der Waals surface area contributed by atoms with Crippen molar-refractivity contribution in [3.05, 3.63) is 24.8 Å². The molecule has 2 atom stereocenters. The fourth-order valence-corrected chi connectivity index (χ4v) is 2.72. The Morgan fingerprint density at radius 2 is 1.63 bits per heavy atom. The first kappa shape index (κ1) is 18.9. The van der Waals surface area contributed by atoms with Gasteiger partial charge in [-0.2, -0.15) is 0 Å². The summed E-state index contributed by atoms with van der Waals surface area (Å²) in [5, 5.41) is 0. The Balaban J connectivity index is 3.75. The SMILES string of the molecule is C=CCCCCC(C/C=C\CP)CCCCCCC. The summed E-state index contributed by atoms with van der Waals surface area (Å²) < 4.78 is 0. The van der Waals surface area contributed by atoms with E-state index in [0.717, 1.165) is 12.1 Å². The molecular weight excluding hydrogens is 247 g/mol. The predicted molar refractivity (Wildman–Crippen MR) is 93.9 cm³/mol. The van der Waals surface area contributed by atoms with Gasteiger partial charge in [0.1, 0.15) is 0 Å². The van der Waals surface area contributed by atoms with Crippen molar-refractivity contribution in [2.75, 3.05) is 6.16 Å². The third-order valence-corrected chi connectivity index (χ3v) is 4.03. The van der Waals surface area contributed by atoms with Crippen molar-refractivity contribution >= 4 is 9.24 Å². The zero-order valence-corrected chi connectivity index (χ0v) is 14.2. The lowest BCUT2D eigenvalue weighted by Crippen LogP contribution is -2.00. The molecular formula is C18H35P. The summed E-state index contributed by atoms with van der Waals surface area (Å²) in [6, 6.07) is 0. The summed E-state index contributed by atoms with van der Waals surface area (Å²) in [5.41, 5.74) is 0. The minimum absolute atomic E-state index is 0.916. The van der Waals surface area contributed by atoms with Gasteiger partial charge in [-0.1, -0.05) is 76.5 Å². The Morgan fingerprint density at radius 1 is 0.947 bits per heavy atom. The zero-order valence-electron chi connectivity index (χ0n) is 13.1. The van der Waals surface area contributed by atoms with Crippen LogP contribution < -0.4 is 0 Å². The van der Waals surface area contributed by atoms with E-state index in [4.69, 9.17) is 0 Å².